The van der Waals surface area contributed by atoms with Crippen molar-refractivity contribution in [3.05, 3.63) is 71.9 Å². The Morgan fingerprint density at radius 1 is 0.900 bits per heavy atom. The van der Waals surface area contributed by atoms with E-state index in [1.54, 1.807) is 30.5 Å². The van der Waals surface area contributed by atoms with Crippen molar-refractivity contribution < 1.29 is 9.59 Å². The number of aryl methyl sites for hydroxylation is 1. The van der Waals surface area contributed by atoms with Crippen LogP contribution in [0.15, 0.2) is 60.8 Å². The van der Waals surface area contributed by atoms with Gasteiger partial charge < -0.3 is 0 Å². The van der Waals surface area contributed by atoms with Crippen molar-refractivity contribution >= 4 is 22.6 Å². The van der Waals surface area contributed by atoms with E-state index in [-0.39, 0.29) is 0 Å². The molecule has 0 amide bonds. The summed E-state index contributed by atoms with van der Waals surface area (Å²) in [6.07, 6.45) is 1.72. The quantitative estimate of drug-likeness (QED) is 0.524. The Hall–Kier alpha value is -2.68. The number of ketones is 1. The molecule has 0 N–H and O–H groups in total. The van der Waals surface area contributed by atoms with Crippen molar-refractivity contribution in [3.8, 4) is 0 Å². The molecule has 0 saturated carbocycles. The number of rotatable bonds is 2. The highest BCUT2D eigenvalue weighted by Crippen LogP contribution is 2.20. The zero-order valence-electron chi connectivity index (χ0n) is 11.0. The van der Waals surface area contributed by atoms with Crippen LogP contribution in [0.4, 0.5) is 0 Å². The van der Waals surface area contributed by atoms with Gasteiger partial charge >= 0.3 is 5.91 Å². The second-order valence-corrected chi connectivity index (χ2v) is 4.70. The number of hydrogen-bond donors (Lipinski definition) is 0. The molecule has 98 valence electrons. The van der Waals surface area contributed by atoms with Gasteiger partial charge in [0.15, 0.2) is 0 Å². The molecule has 0 atom stereocenters. The number of carbonyl (C=O) groups excluding carboxylic acids is 2. The van der Waals surface area contributed by atoms with Crippen LogP contribution >= 0.6 is 0 Å². The normalized spacial score (nSPS) is 10.7. The molecule has 3 aromatic rings. The number of hydrogen-bond acceptors (Lipinski definition) is 2. The summed E-state index contributed by atoms with van der Waals surface area (Å²) in [5.74, 6) is -1.02. The van der Waals surface area contributed by atoms with Crippen molar-refractivity contribution in [2.75, 3.05) is 0 Å². The molecule has 0 radical (unpaired) electrons. The maximum atomic E-state index is 12.4. The molecular weight excluding hydrogens is 250 g/mol. The van der Waals surface area contributed by atoms with Crippen LogP contribution in [0, 0.1) is 6.92 Å². The molecule has 3 rings (SSSR count). The van der Waals surface area contributed by atoms with Crippen LogP contribution in [0.1, 0.15) is 20.7 Å². The Morgan fingerprint density at radius 2 is 1.55 bits per heavy atom. The molecule has 0 unspecified atom stereocenters. The lowest BCUT2D eigenvalue weighted by Crippen LogP contribution is -2.21. The van der Waals surface area contributed by atoms with Gasteiger partial charge in [0.2, 0.25) is 0 Å². The molecule has 0 spiro atoms. The summed E-state index contributed by atoms with van der Waals surface area (Å²) in [6, 6.07) is 16.2. The third-order valence-electron chi connectivity index (χ3n) is 3.36. The Morgan fingerprint density at radius 3 is 2.30 bits per heavy atom. The molecule has 0 fully saturated rings. The van der Waals surface area contributed by atoms with E-state index in [2.05, 4.69) is 0 Å². The fourth-order valence-electron chi connectivity index (χ4n) is 2.34. The van der Waals surface area contributed by atoms with E-state index in [9.17, 15) is 9.59 Å². The van der Waals surface area contributed by atoms with E-state index in [1.165, 1.54) is 4.57 Å². The predicted octanol–water partition coefficient (Wildman–Crippen LogP) is 3.47. The van der Waals surface area contributed by atoms with E-state index in [4.69, 9.17) is 0 Å². The van der Waals surface area contributed by atoms with E-state index < -0.39 is 11.7 Å². The van der Waals surface area contributed by atoms with E-state index in [0.717, 1.165) is 16.5 Å². The van der Waals surface area contributed by atoms with Gasteiger partial charge in [0.1, 0.15) is 0 Å². The van der Waals surface area contributed by atoms with Gasteiger partial charge in [-0.3, -0.25) is 14.2 Å². The van der Waals surface area contributed by atoms with Gasteiger partial charge in [-0.2, -0.15) is 0 Å². The first kappa shape index (κ1) is 12.4. The first-order valence-corrected chi connectivity index (χ1v) is 6.39. The minimum Gasteiger partial charge on any atom is -0.283 e. The molecule has 2 aromatic carbocycles. The molecule has 1 heterocycles. The number of nitrogens with zero attached hydrogens (tertiary/aromatic N) is 1. The van der Waals surface area contributed by atoms with Crippen LogP contribution in [0.5, 0.6) is 0 Å². The largest absolute Gasteiger partial charge is 0.303 e. The Kier molecular flexibility index (Phi) is 2.95. The molecule has 0 aliphatic carbocycles. The highest BCUT2D eigenvalue weighted by molar-refractivity contribution is 6.44. The monoisotopic (exact) mass is 263 g/mol. The minimum absolute atomic E-state index is 0.410. The Balaban J connectivity index is 2.08. The number of fused-ring (bicyclic) bond motifs is 1. The van der Waals surface area contributed by atoms with E-state index in [1.807, 2.05) is 37.3 Å². The third-order valence-corrected chi connectivity index (χ3v) is 3.36. The summed E-state index contributed by atoms with van der Waals surface area (Å²) >= 11 is 0. The fraction of sp³-hybridized carbons (Fsp3) is 0.0588. The summed E-state index contributed by atoms with van der Waals surface area (Å²) in [4.78, 5) is 24.6. The lowest BCUT2D eigenvalue weighted by molar-refractivity contribution is 0.0768. The third kappa shape index (κ3) is 1.93. The first-order valence-electron chi connectivity index (χ1n) is 6.39. The second kappa shape index (κ2) is 4.78. The SMILES string of the molecule is Cc1cn(C(=O)C(=O)c2ccccc2)c2ccccc12. The zero-order chi connectivity index (χ0) is 14.1. The predicted molar refractivity (Wildman–Crippen MR) is 78.1 cm³/mol. The Labute approximate surface area is 116 Å². The number of benzene rings is 2. The maximum absolute atomic E-state index is 12.4. The molecule has 20 heavy (non-hydrogen) atoms. The van der Waals surface area contributed by atoms with Crippen LogP contribution in [0.25, 0.3) is 10.9 Å². The average Bonchev–Trinajstić information content (AvgIpc) is 2.84. The van der Waals surface area contributed by atoms with E-state index in [0.29, 0.717) is 5.56 Å². The highest BCUT2D eigenvalue weighted by Gasteiger charge is 2.20. The van der Waals surface area contributed by atoms with Gasteiger partial charge in [-0.1, -0.05) is 48.5 Å². The highest BCUT2D eigenvalue weighted by atomic mass is 16.2. The molecule has 0 bridgehead atoms. The summed E-state index contributed by atoms with van der Waals surface area (Å²) in [7, 11) is 0. The number of para-hydroxylation sites is 1. The van der Waals surface area contributed by atoms with Crippen LogP contribution in [-0.2, 0) is 0 Å². The second-order valence-electron chi connectivity index (χ2n) is 4.70. The van der Waals surface area contributed by atoms with Gasteiger partial charge in [0.05, 0.1) is 5.52 Å². The minimum atomic E-state index is -0.527. The molecule has 0 aliphatic rings. The van der Waals surface area contributed by atoms with Gasteiger partial charge in [-0.05, 0) is 18.6 Å². The van der Waals surface area contributed by atoms with Crippen molar-refractivity contribution in [1.29, 1.82) is 0 Å². The average molecular weight is 263 g/mol. The van der Waals surface area contributed by atoms with Gasteiger partial charge in [0.25, 0.3) is 5.78 Å². The fourth-order valence-corrected chi connectivity index (χ4v) is 2.34. The summed E-state index contributed by atoms with van der Waals surface area (Å²) < 4.78 is 1.43. The summed E-state index contributed by atoms with van der Waals surface area (Å²) in [5.41, 5.74) is 2.15. The molecule has 1 aromatic heterocycles. The molecule has 0 aliphatic heterocycles. The van der Waals surface area contributed by atoms with Crippen molar-refractivity contribution in [2.24, 2.45) is 0 Å². The van der Waals surface area contributed by atoms with Gasteiger partial charge in [-0.25, -0.2) is 0 Å². The number of aromatic nitrogens is 1. The van der Waals surface area contributed by atoms with Crippen molar-refractivity contribution in [2.45, 2.75) is 6.92 Å². The molecular formula is C17H13NO2. The molecule has 0 saturated heterocycles. The van der Waals surface area contributed by atoms with Crippen molar-refractivity contribution in [1.82, 2.24) is 4.57 Å². The van der Waals surface area contributed by atoms with E-state index >= 15 is 0 Å². The van der Waals surface area contributed by atoms with Gasteiger partial charge in [0, 0.05) is 17.1 Å². The van der Waals surface area contributed by atoms with Crippen LogP contribution < -0.4 is 0 Å². The number of carbonyl (C=O) groups is 2. The Bertz CT molecular complexity index is 800. The molecule has 3 heteroatoms. The molecule has 3 nitrogen and oxygen atoms in total. The zero-order valence-corrected chi connectivity index (χ0v) is 11.0. The topological polar surface area (TPSA) is 39.1 Å². The smallest absolute Gasteiger partial charge is 0.283 e. The first-order chi connectivity index (χ1) is 9.68. The number of Topliss-reactive ketones (excluding diaryl/α,β-unsaturated/α-hetero) is 1. The van der Waals surface area contributed by atoms with Gasteiger partial charge in [-0.15, -0.1) is 0 Å². The summed E-state index contributed by atoms with van der Waals surface area (Å²) in [5, 5.41) is 0.988. The lowest BCUT2D eigenvalue weighted by atomic mass is 10.1. The maximum Gasteiger partial charge on any atom is 0.303 e. The summed E-state index contributed by atoms with van der Waals surface area (Å²) in [6.45, 7) is 1.93. The lowest BCUT2D eigenvalue weighted by Gasteiger charge is -2.03. The van der Waals surface area contributed by atoms with Crippen LogP contribution in [0.2, 0.25) is 0 Å². The van der Waals surface area contributed by atoms with Crippen molar-refractivity contribution in [3.63, 3.8) is 0 Å². The van der Waals surface area contributed by atoms with Crippen LogP contribution in [-0.4, -0.2) is 16.3 Å². The standard InChI is InChI=1S/C17H13NO2/c1-12-11-18(15-10-6-5-9-14(12)15)17(20)16(19)13-7-3-2-4-8-13/h2-11H,1H3. The van der Waals surface area contributed by atoms with Crippen LogP contribution in [0.3, 0.4) is 0 Å².